The van der Waals surface area contributed by atoms with Crippen molar-refractivity contribution in [3.05, 3.63) is 35.6 Å². The van der Waals surface area contributed by atoms with Gasteiger partial charge in [0.15, 0.2) is 0 Å². The lowest BCUT2D eigenvalue weighted by Crippen LogP contribution is -2.33. The Kier molecular flexibility index (Phi) is 4.53. The molecular formula is C15H20FNO2. The van der Waals surface area contributed by atoms with Crippen molar-refractivity contribution < 1.29 is 14.3 Å². The fraction of sp³-hybridized carbons (Fsp3) is 0.533. The minimum absolute atomic E-state index is 0.157. The van der Waals surface area contributed by atoms with Gasteiger partial charge in [-0.2, -0.15) is 0 Å². The van der Waals surface area contributed by atoms with Gasteiger partial charge in [0.1, 0.15) is 5.82 Å². The van der Waals surface area contributed by atoms with Crippen LogP contribution in [-0.2, 0) is 11.2 Å². The van der Waals surface area contributed by atoms with Gasteiger partial charge in [0.25, 0.3) is 0 Å². The summed E-state index contributed by atoms with van der Waals surface area (Å²) in [4.78, 5) is 13.0. The number of nitrogens with zero attached hydrogens (tertiary/aromatic N) is 1. The predicted octanol–water partition coefficient (Wildman–Crippen LogP) is 2.55. The third kappa shape index (κ3) is 3.77. The Morgan fingerprint density at radius 2 is 2.26 bits per heavy atom. The highest BCUT2D eigenvalue weighted by molar-refractivity contribution is 5.67. The van der Waals surface area contributed by atoms with E-state index in [-0.39, 0.29) is 24.2 Å². The van der Waals surface area contributed by atoms with Gasteiger partial charge in [0, 0.05) is 19.0 Å². The summed E-state index contributed by atoms with van der Waals surface area (Å²) in [7, 11) is 0. The first kappa shape index (κ1) is 14.0. The molecule has 0 saturated carbocycles. The number of hydrogen-bond donors (Lipinski definition) is 1. The summed E-state index contributed by atoms with van der Waals surface area (Å²) in [5.74, 6) is -0.648. The third-order valence-electron chi connectivity index (χ3n) is 3.88. The van der Waals surface area contributed by atoms with Gasteiger partial charge < -0.3 is 10.0 Å². The molecule has 2 unspecified atom stereocenters. The number of rotatable bonds is 5. The highest BCUT2D eigenvalue weighted by atomic mass is 19.1. The summed E-state index contributed by atoms with van der Waals surface area (Å²) in [6, 6.07) is 7.09. The number of hydrogen-bond acceptors (Lipinski definition) is 2. The van der Waals surface area contributed by atoms with Crippen LogP contribution in [0.4, 0.5) is 4.39 Å². The van der Waals surface area contributed by atoms with Crippen LogP contribution in [0.25, 0.3) is 0 Å². The van der Waals surface area contributed by atoms with E-state index in [1.165, 1.54) is 6.07 Å². The molecule has 1 aromatic rings. The molecule has 1 aliphatic rings. The molecule has 0 bridgehead atoms. The normalized spacial score (nSPS) is 21.5. The van der Waals surface area contributed by atoms with Crippen molar-refractivity contribution >= 4 is 5.97 Å². The number of carboxylic acid groups (broad SMARTS) is 1. The zero-order chi connectivity index (χ0) is 13.8. The van der Waals surface area contributed by atoms with Crippen molar-refractivity contribution in [2.24, 2.45) is 5.92 Å². The number of carboxylic acids is 1. The van der Waals surface area contributed by atoms with Crippen LogP contribution < -0.4 is 0 Å². The maximum absolute atomic E-state index is 13.6. The van der Waals surface area contributed by atoms with Crippen molar-refractivity contribution in [3.8, 4) is 0 Å². The van der Waals surface area contributed by atoms with E-state index in [2.05, 4.69) is 11.8 Å². The number of benzene rings is 1. The molecule has 0 radical (unpaired) electrons. The van der Waals surface area contributed by atoms with Crippen LogP contribution >= 0.6 is 0 Å². The summed E-state index contributed by atoms with van der Waals surface area (Å²) < 4.78 is 13.6. The summed E-state index contributed by atoms with van der Waals surface area (Å²) in [5, 5.41) is 8.80. The minimum Gasteiger partial charge on any atom is -0.481 e. The fourth-order valence-corrected chi connectivity index (χ4v) is 2.79. The van der Waals surface area contributed by atoms with E-state index in [1.54, 1.807) is 6.07 Å². The highest BCUT2D eigenvalue weighted by Crippen LogP contribution is 2.23. The van der Waals surface area contributed by atoms with Crippen LogP contribution in [0.15, 0.2) is 24.3 Å². The Morgan fingerprint density at radius 1 is 1.53 bits per heavy atom. The van der Waals surface area contributed by atoms with Crippen molar-refractivity contribution in [1.29, 1.82) is 0 Å². The lowest BCUT2D eigenvalue weighted by atomic mass is 10.0. The van der Waals surface area contributed by atoms with Gasteiger partial charge in [-0.25, -0.2) is 4.39 Å². The fourth-order valence-electron chi connectivity index (χ4n) is 2.79. The monoisotopic (exact) mass is 265 g/mol. The Hall–Kier alpha value is -1.42. The lowest BCUT2D eigenvalue weighted by molar-refractivity contribution is -0.138. The van der Waals surface area contributed by atoms with Gasteiger partial charge in [0.2, 0.25) is 0 Å². The molecule has 0 aliphatic carbocycles. The maximum atomic E-state index is 13.6. The van der Waals surface area contributed by atoms with Crippen molar-refractivity contribution in [2.75, 3.05) is 13.1 Å². The SMILES string of the molecule is CC(Cc1ccccc1F)N1CCC(CC(=O)O)C1. The van der Waals surface area contributed by atoms with Gasteiger partial charge in [0.05, 0.1) is 0 Å². The van der Waals surface area contributed by atoms with Crippen LogP contribution in [0.1, 0.15) is 25.3 Å². The van der Waals surface area contributed by atoms with Crippen LogP contribution in [0.5, 0.6) is 0 Å². The van der Waals surface area contributed by atoms with Gasteiger partial charge in [-0.1, -0.05) is 18.2 Å². The topological polar surface area (TPSA) is 40.5 Å². The molecule has 2 atom stereocenters. The highest BCUT2D eigenvalue weighted by Gasteiger charge is 2.27. The van der Waals surface area contributed by atoms with E-state index in [0.717, 1.165) is 25.1 Å². The first-order valence-electron chi connectivity index (χ1n) is 6.75. The molecule has 2 rings (SSSR count). The minimum atomic E-state index is -0.728. The standard InChI is InChI=1S/C15H20FNO2/c1-11(8-13-4-2-3-5-14(13)16)17-7-6-12(10-17)9-15(18)19/h2-5,11-12H,6-10H2,1H3,(H,18,19). The van der Waals surface area contributed by atoms with Crippen molar-refractivity contribution in [2.45, 2.75) is 32.2 Å². The smallest absolute Gasteiger partial charge is 0.303 e. The summed E-state index contributed by atoms with van der Waals surface area (Å²) in [6.45, 7) is 3.80. The number of carbonyl (C=O) groups is 1. The number of halogens is 1. The molecule has 1 aliphatic heterocycles. The molecular weight excluding hydrogens is 245 g/mol. The molecule has 1 aromatic carbocycles. The Labute approximate surface area is 113 Å². The molecule has 0 spiro atoms. The Morgan fingerprint density at radius 3 is 2.95 bits per heavy atom. The molecule has 1 fully saturated rings. The molecule has 1 saturated heterocycles. The second-order valence-electron chi connectivity index (χ2n) is 5.39. The zero-order valence-electron chi connectivity index (χ0n) is 11.2. The van der Waals surface area contributed by atoms with Crippen molar-refractivity contribution in [3.63, 3.8) is 0 Å². The van der Waals surface area contributed by atoms with Crippen LogP contribution in [0.2, 0.25) is 0 Å². The number of aliphatic carboxylic acids is 1. The molecule has 3 nitrogen and oxygen atoms in total. The van der Waals surface area contributed by atoms with Crippen LogP contribution in [0.3, 0.4) is 0 Å². The first-order chi connectivity index (χ1) is 9.06. The molecule has 1 heterocycles. The summed E-state index contributed by atoms with van der Waals surface area (Å²) in [5.41, 5.74) is 0.733. The molecule has 19 heavy (non-hydrogen) atoms. The number of likely N-dealkylation sites (tertiary alicyclic amines) is 1. The summed E-state index contributed by atoms with van der Waals surface area (Å²) >= 11 is 0. The largest absolute Gasteiger partial charge is 0.481 e. The van der Waals surface area contributed by atoms with E-state index in [9.17, 15) is 9.18 Å². The molecule has 0 amide bonds. The molecule has 0 aromatic heterocycles. The Balaban J connectivity index is 1.89. The second kappa shape index (κ2) is 6.15. The Bertz CT molecular complexity index is 450. The van der Waals surface area contributed by atoms with Gasteiger partial charge in [-0.15, -0.1) is 0 Å². The van der Waals surface area contributed by atoms with Crippen LogP contribution in [0, 0.1) is 11.7 Å². The lowest BCUT2D eigenvalue weighted by Gasteiger charge is -2.24. The molecule has 104 valence electrons. The predicted molar refractivity (Wildman–Crippen MR) is 71.5 cm³/mol. The molecule has 1 N–H and O–H groups in total. The van der Waals surface area contributed by atoms with Gasteiger partial charge in [-0.3, -0.25) is 4.79 Å². The average molecular weight is 265 g/mol. The van der Waals surface area contributed by atoms with E-state index in [1.807, 2.05) is 12.1 Å². The van der Waals surface area contributed by atoms with E-state index in [0.29, 0.717) is 6.42 Å². The quantitative estimate of drug-likeness (QED) is 0.889. The molecule has 4 heteroatoms. The van der Waals surface area contributed by atoms with Crippen molar-refractivity contribution in [1.82, 2.24) is 4.90 Å². The van der Waals surface area contributed by atoms with E-state index in [4.69, 9.17) is 5.11 Å². The summed E-state index contributed by atoms with van der Waals surface area (Å²) in [6.07, 6.45) is 1.84. The second-order valence-corrected chi connectivity index (χ2v) is 5.39. The van der Waals surface area contributed by atoms with E-state index >= 15 is 0 Å². The third-order valence-corrected chi connectivity index (χ3v) is 3.88. The van der Waals surface area contributed by atoms with Gasteiger partial charge in [-0.05, 0) is 43.9 Å². The zero-order valence-corrected chi connectivity index (χ0v) is 11.2. The van der Waals surface area contributed by atoms with Gasteiger partial charge >= 0.3 is 5.97 Å². The average Bonchev–Trinajstić information content (AvgIpc) is 2.79. The van der Waals surface area contributed by atoms with Crippen LogP contribution in [-0.4, -0.2) is 35.1 Å². The first-order valence-corrected chi connectivity index (χ1v) is 6.75. The maximum Gasteiger partial charge on any atom is 0.303 e. The van der Waals surface area contributed by atoms with E-state index < -0.39 is 5.97 Å².